The fourth-order valence-corrected chi connectivity index (χ4v) is 1.53. The van der Waals surface area contributed by atoms with Crippen LogP contribution in [0.5, 0.6) is 0 Å². The molecule has 0 amide bonds. The lowest BCUT2D eigenvalue weighted by Crippen LogP contribution is -1.88. The first kappa shape index (κ1) is 11.4. The Kier molecular flexibility index (Phi) is 4.83. The molecule has 0 unspecified atom stereocenters. The molecule has 0 atom stereocenters. The van der Waals surface area contributed by atoms with Crippen LogP contribution in [0.1, 0.15) is 20.8 Å². The van der Waals surface area contributed by atoms with Crippen molar-refractivity contribution < 1.29 is 0 Å². The maximum absolute atomic E-state index is 3.88. The van der Waals surface area contributed by atoms with Gasteiger partial charge in [-0.05, 0) is 33.1 Å². The highest BCUT2D eigenvalue weighted by molar-refractivity contribution is 9.12. The summed E-state index contributed by atoms with van der Waals surface area (Å²) in [6.07, 6.45) is 1.97. The van der Waals surface area contributed by atoms with Gasteiger partial charge in [-0.3, -0.25) is 4.99 Å². The summed E-state index contributed by atoms with van der Waals surface area (Å²) >= 11 is 3.44. The van der Waals surface area contributed by atoms with E-state index in [1.165, 1.54) is 0 Å². The van der Waals surface area contributed by atoms with Gasteiger partial charge < -0.3 is 0 Å². The quantitative estimate of drug-likeness (QED) is 0.514. The molecule has 0 N–H and O–H groups in total. The highest BCUT2D eigenvalue weighted by atomic mass is 79.9. The first-order chi connectivity index (χ1) is 5.54. The van der Waals surface area contributed by atoms with E-state index in [2.05, 4.69) is 34.2 Å². The summed E-state index contributed by atoms with van der Waals surface area (Å²) < 4.78 is 1.01. The van der Waals surface area contributed by atoms with E-state index in [1.54, 1.807) is 0 Å². The number of hydrogen-bond acceptors (Lipinski definition) is 1. The van der Waals surface area contributed by atoms with Crippen LogP contribution in [0, 0.1) is 0 Å². The lowest BCUT2D eigenvalue weighted by molar-refractivity contribution is 1.24. The van der Waals surface area contributed by atoms with Crippen LogP contribution in [-0.2, 0) is 0 Å². The lowest BCUT2D eigenvalue weighted by Gasteiger charge is -2.07. The Morgan fingerprint density at radius 1 is 1.42 bits per heavy atom. The number of hydrogen-bond donors (Lipinski definition) is 0. The van der Waals surface area contributed by atoms with Gasteiger partial charge in [-0.25, -0.2) is 0 Å². The Balaban J connectivity index is 5.19. The molecular formula is C10H14BrN. The van der Waals surface area contributed by atoms with Gasteiger partial charge in [-0.2, -0.15) is 0 Å². The fraction of sp³-hybridized carbons (Fsp3) is 0.300. The molecule has 0 saturated heterocycles. The normalized spacial score (nSPS) is 13.8. The number of nitrogens with zero attached hydrogens (tertiary/aromatic N) is 1. The van der Waals surface area contributed by atoms with Gasteiger partial charge in [0.15, 0.2) is 0 Å². The highest BCUT2D eigenvalue weighted by Crippen LogP contribution is 2.26. The summed E-state index contributed by atoms with van der Waals surface area (Å²) in [5.74, 6) is 0. The van der Waals surface area contributed by atoms with E-state index < -0.39 is 0 Å². The molecule has 0 saturated carbocycles. The molecular weight excluding hydrogens is 214 g/mol. The summed E-state index contributed by atoms with van der Waals surface area (Å²) in [6, 6.07) is 0. The lowest BCUT2D eigenvalue weighted by atomic mass is 10.1. The Morgan fingerprint density at radius 2 is 1.92 bits per heavy atom. The zero-order valence-electron chi connectivity index (χ0n) is 7.82. The number of rotatable bonds is 3. The zero-order valence-corrected chi connectivity index (χ0v) is 9.40. The fourth-order valence-electron chi connectivity index (χ4n) is 0.909. The minimum Gasteiger partial charge on any atom is -0.269 e. The molecule has 0 aliphatic rings. The third-order valence-corrected chi connectivity index (χ3v) is 2.37. The van der Waals surface area contributed by atoms with Crippen LogP contribution < -0.4 is 0 Å². The Hall–Kier alpha value is -0.630. The minimum atomic E-state index is 0.896. The van der Waals surface area contributed by atoms with Crippen LogP contribution in [0.2, 0.25) is 0 Å². The molecule has 0 aromatic rings. The second-order valence-electron chi connectivity index (χ2n) is 2.54. The molecule has 12 heavy (non-hydrogen) atoms. The topological polar surface area (TPSA) is 12.4 Å². The zero-order chi connectivity index (χ0) is 9.72. The molecule has 0 rings (SSSR count). The van der Waals surface area contributed by atoms with Crippen LogP contribution in [0.3, 0.4) is 0 Å². The average molecular weight is 228 g/mol. The largest absolute Gasteiger partial charge is 0.269 e. The van der Waals surface area contributed by atoms with Crippen molar-refractivity contribution in [2.24, 2.45) is 4.99 Å². The van der Waals surface area contributed by atoms with Crippen molar-refractivity contribution in [3.63, 3.8) is 0 Å². The first-order valence-electron chi connectivity index (χ1n) is 3.70. The van der Waals surface area contributed by atoms with E-state index in [9.17, 15) is 0 Å². The van der Waals surface area contributed by atoms with Crippen molar-refractivity contribution in [2.75, 3.05) is 0 Å². The predicted octanol–water partition coefficient (Wildman–Crippen LogP) is 3.84. The van der Waals surface area contributed by atoms with Gasteiger partial charge in [0.1, 0.15) is 0 Å². The molecule has 0 bridgehead atoms. The van der Waals surface area contributed by atoms with Gasteiger partial charge in [0.05, 0.1) is 0 Å². The molecule has 0 radical (unpaired) electrons. The summed E-state index contributed by atoms with van der Waals surface area (Å²) in [4.78, 5) is 3.88. The van der Waals surface area contributed by atoms with Crippen LogP contribution >= 0.6 is 15.9 Å². The Bertz CT molecular complexity index is 259. The van der Waals surface area contributed by atoms with Crippen LogP contribution in [0.15, 0.2) is 39.0 Å². The summed E-state index contributed by atoms with van der Waals surface area (Å²) in [6.45, 7) is 13.2. The standard InChI is InChI=1S/C10H14BrN/c1-6-9(11)10(7(2)3)8(4)12-5/h6H,2,5H2,1,3-4H3/b9-6+,10-8+. The van der Waals surface area contributed by atoms with Gasteiger partial charge in [-0.1, -0.05) is 28.6 Å². The summed E-state index contributed by atoms with van der Waals surface area (Å²) in [5.41, 5.74) is 2.92. The van der Waals surface area contributed by atoms with Crippen molar-refractivity contribution in [1.82, 2.24) is 0 Å². The average Bonchev–Trinajstić information content (AvgIpc) is 2.03. The second-order valence-corrected chi connectivity index (χ2v) is 3.39. The summed E-state index contributed by atoms with van der Waals surface area (Å²) in [5, 5.41) is 0. The highest BCUT2D eigenvalue weighted by Gasteiger charge is 2.05. The van der Waals surface area contributed by atoms with Crippen molar-refractivity contribution in [3.05, 3.63) is 34.0 Å². The third kappa shape index (κ3) is 2.78. The van der Waals surface area contributed by atoms with Crippen molar-refractivity contribution in [1.29, 1.82) is 0 Å². The third-order valence-electron chi connectivity index (χ3n) is 1.52. The molecule has 0 aliphatic heterocycles. The van der Waals surface area contributed by atoms with Crippen molar-refractivity contribution in [2.45, 2.75) is 20.8 Å². The van der Waals surface area contributed by atoms with E-state index in [-0.39, 0.29) is 0 Å². The number of aliphatic imine (C=N–C) groups is 1. The van der Waals surface area contributed by atoms with E-state index in [1.807, 2.05) is 26.8 Å². The van der Waals surface area contributed by atoms with Gasteiger partial charge in [0.25, 0.3) is 0 Å². The first-order valence-corrected chi connectivity index (χ1v) is 4.49. The monoisotopic (exact) mass is 227 g/mol. The van der Waals surface area contributed by atoms with Gasteiger partial charge >= 0.3 is 0 Å². The molecule has 0 aromatic heterocycles. The van der Waals surface area contributed by atoms with Crippen molar-refractivity contribution >= 4 is 22.6 Å². The van der Waals surface area contributed by atoms with Gasteiger partial charge in [0, 0.05) is 15.8 Å². The minimum absolute atomic E-state index is 0.896. The smallest absolute Gasteiger partial charge is 0.0451 e. The molecule has 1 nitrogen and oxygen atoms in total. The Morgan fingerprint density at radius 3 is 2.17 bits per heavy atom. The van der Waals surface area contributed by atoms with Gasteiger partial charge in [0.2, 0.25) is 0 Å². The van der Waals surface area contributed by atoms with E-state index >= 15 is 0 Å². The number of halogens is 1. The van der Waals surface area contributed by atoms with Crippen LogP contribution in [0.4, 0.5) is 0 Å². The number of allylic oxidation sites excluding steroid dienone is 5. The van der Waals surface area contributed by atoms with E-state index in [0.29, 0.717) is 0 Å². The Labute approximate surface area is 82.7 Å². The molecule has 0 fully saturated rings. The SMILES string of the molecule is C=N/C(C)=C(C(=C)C)/C(Br)=C\C. The molecule has 66 valence electrons. The second kappa shape index (κ2) is 5.09. The maximum Gasteiger partial charge on any atom is 0.0451 e. The molecule has 2 heteroatoms. The van der Waals surface area contributed by atoms with E-state index in [0.717, 1.165) is 21.3 Å². The van der Waals surface area contributed by atoms with Gasteiger partial charge in [-0.15, -0.1) is 0 Å². The molecule has 0 spiro atoms. The maximum atomic E-state index is 3.88. The van der Waals surface area contributed by atoms with E-state index in [4.69, 9.17) is 0 Å². The molecule has 0 aliphatic carbocycles. The molecule has 0 aromatic carbocycles. The molecule has 0 heterocycles. The predicted molar refractivity (Wildman–Crippen MR) is 59.7 cm³/mol. The van der Waals surface area contributed by atoms with Crippen LogP contribution in [-0.4, -0.2) is 6.72 Å². The van der Waals surface area contributed by atoms with Crippen LogP contribution in [0.25, 0.3) is 0 Å². The van der Waals surface area contributed by atoms with Crippen molar-refractivity contribution in [3.8, 4) is 0 Å². The summed E-state index contributed by atoms with van der Waals surface area (Å²) in [7, 11) is 0.